The first-order chi connectivity index (χ1) is 19.6. The molecule has 0 bridgehead atoms. The maximum atomic E-state index is 13.3. The lowest BCUT2D eigenvalue weighted by Crippen LogP contribution is -2.54. The molecule has 0 unspecified atom stereocenters. The molecule has 208 valence electrons. The zero-order valence-corrected chi connectivity index (χ0v) is 24.5. The second kappa shape index (κ2) is 13.2. The molecule has 4 aromatic carbocycles. The van der Waals surface area contributed by atoms with Crippen LogP contribution in [0.3, 0.4) is 0 Å². The van der Waals surface area contributed by atoms with Crippen LogP contribution in [0.15, 0.2) is 97.1 Å². The van der Waals surface area contributed by atoms with Gasteiger partial charge in [-0.1, -0.05) is 94.9 Å². The highest BCUT2D eigenvalue weighted by atomic mass is 35.5. The Balaban J connectivity index is 1.84. The van der Waals surface area contributed by atoms with Crippen LogP contribution in [0.25, 0.3) is 0 Å². The largest absolute Gasteiger partial charge is 0.975 e. The zero-order chi connectivity index (χ0) is 29.6. The quantitative estimate of drug-likeness (QED) is 0.181. The second-order valence-electron chi connectivity index (χ2n) is 7.98. The summed E-state index contributed by atoms with van der Waals surface area (Å²) in [6, 6.07) is 22.9. The van der Waals surface area contributed by atoms with Crippen molar-refractivity contribution in [3.05, 3.63) is 139 Å². The molecule has 0 heterocycles. The van der Waals surface area contributed by atoms with E-state index in [4.69, 9.17) is 64.1 Å². The van der Waals surface area contributed by atoms with Crippen molar-refractivity contribution in [2.45, 2.75) is 0 Å². The topological polar surface area (TPSA) is 105 Å². The summed E-state index contributed by atoms with van der Waals surface area (Å²) in [6.45, 7) is 0. The van der Waals surface area contributed by atoms with Crippen LogP contribution < -0.4 is 0 Å². The Hall–Kier alpha value is -3.86. The van der Waals surface area contributed by atoms with Gasteiger partial charge in [0.15, 0.2) is 0 Å². The van der Waals surface area contributed by atoms with Crippen LogP contribution in [0.1, 0.15) is 41.4 Å². The Morgan fingerprint density at radius 1 is 0.390 bits per heavy atom. The van der Waals surface area contributed by atoms with Crippen LogP contribution in [0.4, 0.5) is 0 Å². The molecule has 0 aliphatic heterocycles. The lowest BCUT2D eigenvalue weighted by Gasteiger charge is -2.25. The second-order valence-corrected chi connectivity index (χ2v) is 11.4. The third kappa shape index (κ3) is 7.26. The Labute approximate surface area is 254 Å². The molecule has 0 aliphatic rings. The molecule has 41 heavy (non-hydrogen) atoms. The molecular formula is C28H16Cl4O8Si. The van der Waals surface area contributed by atoms with E-state index in [2.05, 4.69) is 0 Å². The first kappa shape index (κ1) is 30.1. The van der Waals surface area contributed by atoms with Gasteiger partial charge in [0, 0.05) is 0 Å². The minimum absolute atomic E-state index is 0.0484. The van der Waals surface area contributed by atoms with Gasteiger partial charge in [-0.15, -0.1) is 0 Å². The van der Waals surface area contributed by atoms with Gasteiger partial charge >= 0.3 is 32.9 Å². The number of carbonyl (C=O) groups excluding carboxylic acids is 4. The van der Waals surface area contributed by atoms with Crippen molar-refractivity contribution in [3.63, 3.8) is 0 Å². The van der Waals surface area contributed by atoms with Crippen molar-refractivity contribution in [1.82, 2.24) is 0 Å². The average molecular weight is 650 g/mol. The molecule has 0 saturated carbocycles. The summed E-state index contributed by atoms with van der Waals surface area (Å²) in [5.41, 5.74) is -0.824. The molecule has 0 amide bonds. The van der Waals surface area contributed by atoms with E-state index in [-0.39, 0.29) is 42.3 Å². The average Bonchev–Trinajstić information content (AvgIpc) is 2.93. The first-order valence-corrected chi connectivity index (χ1v) is 14.7. The van der Waals surface area contributed by atoms with Crippen LogP contribution in [0.2, 0.25) is 20.1 Å². The van der Waals surface area contributed by atoms with Crippen molar-refractivity contribution >= 4 is 79.3 Å². The lowest BCUT2D eigenvalue weighted by atomic mass is 10.2. The number of hydrogen-bond donors (Lipinski definition) is 0. The van der Waals surface area contributed by atoms with Crippen LogP contribution >= 0.6 is 46.4 Å². The molecule has 0 N–H and O–H groups in total. The van der Waals surface area contributed by atoms with Gasteiger partial charge < -0.3 is 17.7 Å². The van der Waals surface area contributed by atoms with E-state index in [1.54, 1.807) is 24.3 Å². The fourth-order valence-corrected chi connectivity index (χ4v) is 5.76. The minimum atomic E-state index is -5.50. The monoisotopic (exact) mass is 648 g/mol. The van der Waals surface area contributed by atoms with E-state index >= 15 is 0 Å². The predicted molar refractivity (Wildman–Crippen MR) is 153 cm³/mol. The summed E-state index contributed by atoms with van der Waals surface area (Å²) in [7, 11) is -5.50. The fourth-order valence-electron chi connectivity index (χ4n) is 3.31. The van der Waals surface area contributed by atoms with E-state index in [0.717, 1.165) is 0 Å². The van der Waals surface area contributed by atoms with Gasteiger partial charge in [0.1, 0.15) is 0 Å². The van der Waals surface area contributed by atoms with Gasteiger partial charge in [-0.05, 0) is 48.5 Å². The van der Waals surface area contributed by atoms with Crippen LogP contribution in [0.5, 0.6) is 0 Å². The Morgan fingerprint density at radius 3 is 0.780 bits per heavy atom. The fraction of sp³-hybridized carbons (Fsp3) is 0. The number of carbonyl (C=O) groups is 4. The van der Waals surface area contributed by atoms with E-state index in [1.807, 2.05) is 0 Å². The van der Waals surface area contributed by atoms with Crippen molar-refractivity contribution in [1.29, 1.82) is 0 Å². The molecule has 0 saturated heterocycles. The summed E-state index contributed by atoms with van der Waals surface area (Å²) >= 11 is 24.6. The van der Waals surface area contributed by atoms with Gasteiger partial charge in [-0.2, -0.15) is 0 Å². The molecule has 0 atom stereocenters. The molecule has 4 aromatic rings. The van der Waals surface area contributed by atoms with E-state index in [0.29, 0.717) is 0 Å². The number of benzene rings is 4. The van der Waals surface area contributed by atoms with Crippen molar-refractivity contribution < 1.29 is 36.9 Å². The molecular weight excluding hydrogens is 634 g/mol. The summed E-state index contributed by atoms with van der Waals surface area (Å²) in [6.07, 6.45) is 0. The Kier molecular flexibility index (Phi) is 9.69. The minimum Gasteiger partial charge on any atom is -0.419 e. The van der Waals surface area contributed by atoms with Crippen LogP contribution in [-0.2, 0) is 17.7 Å². The van der Waals surface area contributed by atoms with Crippen LogP contribution in [0, 0.1) is 0 Å². The molecule has 0 radical (unpaired) electrons. The van der Waals surface area contributed by atoms with Gasteiger partial charge in [0.25, 0.3) is 0 Å². The standard InChI is InChI=1S/C28H16Cl4O8Si/c29-21-13-5-1-9-17(21)25(33)37-41(38-26(34)18-10-2-6-14-22(18)30,39-27(35)19-11-3-7-15-23(19)31)40-28(36)20-12-4-8-16-24(20)32/h1-16H. The van der Waals surface area contributed by atoms with Gasteiger partial charge in [-0.3, -0.25) is 0 Å². The third-order valence-corrected chi connectivity index (χ3v) is 8.31. The van der Waals surface area contributed by atoms with E-state index in [9.17, 15) is 19.2 Å². The molecule has 13 heteroatoms. The number of rotatable bonds is 8. The molecule has 0 aliphatic carbocycles. The van der Waals surface area contributed by atoms with Gasteiger partial charge in [0.05, 0.1) is 42.3 Å². The molecule has 0 aromatic heterocycles. The normalized spacial score (nSPS) is 10.8. The summed E-state index contributed by atoms with van der Waals surface area (Å²) in [5, 5.41) is -0.194. The smallest absolute Gasteiger partial charge is 0.419 e. The Bertz CT molecular complexity index is 1400. The predicted octanol–water partition coefficient (Wildman–Crippen LogP) is 7.46. The highest BCUT2D eigenvalue weighted by Crippen LogP contribution is 2.28. The first-order valence-electron chi connectivity index (χ1n) is 11.5. The summed E-state index contributed by atoms with van der Waals surface area (Å²) in [4.78, 5) is 53.2. The molecule has 0 spiro atoms. The number of hydrogen-bond acceptors (Lipinski definition) is 8. The van der Waals surface area contributed by atoms with Gasteiger partial charge in [-0.25, -0.2) is 19.2 Å². The van der Waals surface area contributed by atoms with Gasteiger partial charge in [0.2, 0.25) is 0 Å². The maximum absolute atomic E-state index is 13.3. The SMILES string of the molecule is O=C(O[Si](OC(=O)c1ccccc1Cl)(OC(=O)c1ccccc1Cl)OC(=O)c1ccccc1Cl)c1ccccc1Cl. The highest BCUT2D eigenvalue weighted by Gasteiger charge is 2.64. The van der Waals surface area contributed by atoms with Crippen molar-refractivity contribution in [2.24, 2.45) is 0 Å². The number of halogens is 4. The van der Waals surface area contributed by atoms with Crippen LogP contribution in [-0.4, -0.2) is 32.9 Å². The molecule has 0 fully saturated rings. The molecule has 4 rings (SSSR count). The highest BCUT2D eigenvalue weighted by molar-refractivity contribution is 6.62. The Morgan fingerprint density at radius 2 is 0.585 bits per heavy atom. The maximum Gasteiger partial charge on any atom is 0.975 e. The lowest BCUT2D eigenvalue weighted by molar-refractivity contribution is -0.00323. The summed E-state index contributed by atoms with van der Waals surface area (Å²) < 4.78 is 21.8. The van der Waals surface area contributed by atoms with Crippen molar-refractivity contribution in [2.75, 3.05) is 0 Å². The van der Waals surface area contributed by atoms with E-state index < -0.39 is 32.9 Å². The summed E-state index contributed by atoms with van der Waals surface area (Å²) in [5.74, 6) is -4.91. The molecule has 8 nitrogen and oxygen atoms in total. The van der Waals surface area contributed by atoms with E-state index in [1.165, 1.54) is 72.8 Å². The third-order valence-electron chi connectivity index (χ3n) is 5.25. The zero-order valence-electron chi connectivity index (χ0n) is 20.5. The van der Waals surface area contributed by atoms with Crippen molar-refractivity contribution in [3.8, 4) is 0 Å².